The van der Waals surface area contributed by atoms with Crippen molar-refractivity contribution >= 4 is 29.2 Å². The molecule has 200 valence electrons. The SMILES string of the molecule is CCOC(=O)C1=CN(c2ccc(F)c(NC(=O)OC(C)(C)C)c2F)C2=C(C1)C(C)(F)C(F)=C(OC)C2=O. The van der Waals surface area contributed by atoms with Gasteiger partial charge >= 0.3 is 12.1 Å². The van der Waals surface area contributed by atoms with Gasteiger partial charge in [0.15, 0.2) is 17.3 Å². The fraction of sp³-hybridized carbons (Fsp3) is 0.400. The van der Waals surface area contributed by atoms with E-state index in [-0.39, 0.29) is 12.2 Å². The number of anilines is 2. The fourth-order valence-electron chi connectivity index (χ4n) is 3.84. The summed E-state index contributed by atoms with van der Waals surface area (Å²) in [5.41, 5.74) is -6.62. The number of methoxy groups -OCH3 is 1. The Bertz CT molecular complexity index is 1260. The molecule has 1 aromatic carbocycles. The predicted octanol–water partition coefficient (Wildman–Crippen LogP) is 5.36. The van der Waals surface area contributed by atoms with Gasteiger partial charge in [-0.05, 0) is 46.8 Å². The zero-order valence-electron chi connectivity index (χ0n) is 21.1. The molecule has 0 radical (unpaired) electrons. The maximum atomic E-state index is 15.7. The number of Topliss-reactive ketones (excluding diaryl/α,β-unsaturated/α-hetero) is 1. The van der Waals surface area contributed by atoms with Crippen LogP contribution in [-0.2, 0) is 23.8 Å². The first-order valence-electron chi connectivity index (χ1n) is 11.2. The Morgan fingerprint density at radius 2 is 1.84 bits per heavy atom. The van der Waals surface area contributed by atoms with Crippen LogP contribution in [0.2, 0.25) is 0 Å². The summed E-state index contributed by atoms with van der Waals surface area (Å²) >= 11 is 0. The lowest BCUT2D eigenvalue weighted by atomic mass is 9.81. The van der Waals surface area contributed by atoms with Crippen LogP contribution in [0.1, 0.15) is 41.0 Å². The van der Waals surface area contributed by atoms with Crippen LogP contribution < -0.4 is 10.2 Å². The zero-order chi connectivity index (χ0) is 27.9. The van der Waals surface area contributed by atoms with Gasteiger partial charge in [-0.2, -0.15) is 0 Å². The van der Waals surface area contributed by atoms with Gasteiger partial charge in [0.05, 0.1) is 25.0 Å². The van der Waals surface area contributed by atoms with E-state index >= 15 is 8.78 Å². The van der Waals surface area contributed by atoms with Crippen molar-refractivity contribution in [2.45, 2.75) is 52.3 Å². The summed E-state index contributed by atoms with van der Waals surface area (Å²) in [6.07, 6.45) is -0.686. The minimum Gasteiger partial charge on any atom is -0.490 e. The number of carbonyl (C=O) groups is 3. The molecule has 0 saturated carbocycles. The minimum absolute atomic E-state index is 0.0507. The molecule has 0 fully saturated rings. The summed E-state index contributed by atoms with van der Waals surface area (Å²) in [4.78, 5) is 38.6. The van der Waals surface area contributed by atoms with Gasteiger partial charge in [-0.15, -0.1) is 0 Å². The number of benzene rings is 1. The number of halogens is 4. The van der Waals surface area contributed by atoms with Crippen molar-refractivity contribution in [2.75, 3.05) is 23.9 Å². The third-order valence-electron chi connectivity index (χ3n) is 5.48. The van der Waals surface area contributed by atoms with E-state index in [0.717, 1.165) is 37.3 Å². The Kier molecular flexibility index (Phi) is 7.43. The van der Waals surface area contributed by atoms with Gasteiger partial charge in [0.25, 0.3) is 0 Å². The molecule has 12 heteroatoms. The number of rotatable bonds is 5. The van der Waals surface area contributed by atoms with Crippen molar-refractivity contribution in [3.8, 4) is 0 Å². The molecular formula is C25H26F4N2O6. The molecule has 1 aliphatic carbocycles. The first kappa shape index (κ1) is 27.8. The summed E-state index contributed by atoms with van der Waals surface area (Å²) in [7, 11) is 0.961. The van der Waals surface area contributed by atoms with Crippen molar-refractivity contribution in [2.24, 2.45) is 0 Å². The quantitative estimate of drug-likeness (QED) is 0.408. The number of amides is 1. The predicted molar refractivity (Wildman–Crippen MR) is 125 cm³/mol. The molecule has 0 saturated heterocycles. The number of allylic oxidation sites excluding steroid dienone is 2. The molecule has 2 aliphatic rings. The first-order valence-corrected chi connectivity index (χ1v) is 11.2. The largest absolute Gasteiger partial charge is 0.490 e. The van der Waals surface area contributed by atoms with Crippen molar-refractivity contribution in [3.05, 3.63) is 58.4 Å². The molecule has 1 amide bonds. The maximum Gasteiger partial charge on any atom is 0.412 e. The Morgan fingerprint density at radius 3 is 2.41 bits per heavy atom. The highest BCUT2D eigenvalue weighted by atomic mass is 19.2. The number of esters is 1. The molecule has 1 atom stereocenters. The number of ether oxygens (including phenoxy) is 3. The number of carbonyl (C=O) groups excluding carboxylic acids is 3. The second-order valence-electron chi connectivity index (χ2n) is 9.31. The summed E-state index contributed by atoms with van der Waals surface area (Å²) < 4.78 is 75.7. The number of nitrogens with zero attached hydrogens (tertiary/aromatic N) is 1. The molecule has 37 heavy (non-hydrogen) atoms. The second kappa shape index (κ2) is 9.91. The Hall–Kier alpha value is -3.83. The van der Waals surface area contributed by atoms with E-state index in [1.165, 1.54) is 6.92 Å². The molecule has 8 nitrogen and oxygen atoms in total. The smallest absolute Gasteiger partial charge is 0.412 e. The third kappa shape index (κ3) is 5.18. The first-order chi connectivity index (χ1) is 17.1. The van der Waals surface area contributed by atoms with E-state index in [4.69, 9.17) is 14.2 Å². The lowest BCUT2D eigenvalue weighted by molar-refractivity contribution is -0.138. The molecule has 3 rings (SSSR count). The van der Waals surface area contributed by atoms with Crippen LogP contribution in [0.25, 0.3) is 0 Å². The van der Waals surface area contributed by atoms with E-state index < -0.39 is 81.4 Å². The van der Waals surface area contributed by atoms with Gasteiger partial charge < -0.3 is 19.1 Å². The molecule has 1 N–H and O–H groups in total. The lowest BCUT2D eigenvalue weighted by Crippen LogP contribution is -2.41. The Balaban J connectivity index is 2.21. The van der Waals surface area contributed by atoms with Gasteiger partial charge in [0.1, 0.15) is 22.8 Å². The Morgan fingerprint density at radius 1 is 1.19 bits per heavy atom. The maximum absolute atomic E-state index is 15.7. The van der Waals surface area contributed by atoms with Crippen LogP contribution in [0.5, 0.6) is 0 Å². The van der Waals surface area contributed by atoms with Crippen LogP contribution in [-0.4, -0.2) is 42.8 Å². The van der Waals surface area contributed by atoms with Crippen LogP contribution in [0.15, 0.2) is 46.8 Å². The summed E-state index contributed by atoms with van der Waals surface area (Å²) in [6, 6.07) is 1.69. The van der Waals surface area contributed by atoms with E-state index in [1.54, 1.807) is 20.8 Å². The van der Waals surface area contributed by atoms with Crippen LogP contribution >= 0.6 is 0 Å². The van der Waals surface area contributed by atoms with E-state index in [9.17, 15) is 23.2 Å². The van der Waals surface area contributed by atoms with Crippen molar-refractivity contribution in [3.63, 3.8) is 0 Å². The average molecular weight is 526 g/mol. The molecular weight excluding hydrogens is 500 g/mol. The van der Waals surface area contributed by atoms with E-state index in [0.29, 0.717) is 0 Å². The average Bonchev–Trinajstić information content (AvgIpc) is 2.79. The van der Waals surface area contributed by atoms with Crippen molar-refractivity contribution in [1.82, 2.24) is 0 Å². The molecule has 0 aromatic heterocycles. The summed E-state index contributed by atoms with van der Waals surface area (Å²) in [5, 5.41) is 1.98. The van der Waals surface area contributed by atoms with Crippen LogP contribution in [0, 0.1) is 11.6 Å². The second-order valence-corrected chi connectivity index (χ2v) is 9.31. The van der Waals surface area contributed by atoms with Gasteiger partial charge in [-0.25, -0.2) is 27.2 Å². The van der Waals surface area contributed by atoms with Crippen LogP contribution in [0.4, 0.5) is 33.7 Å². The number of hydrogen-bond acceptors (Lipinski definition) is 7. The highest BCUT2D eigenvalue weighted by molar-refractivity contribution is 6.13. The van der Waals surface area contributed by atoms with Gasteiger partial charge in [0.2, 0.25) is 11.5 Å². The number of alkyl halides is 1. The molecule has 1 unspecified atom stereocenters. The molecule has 0 bridgehead atoms. The van der Waals surface area contributed by atoms with Crippen molar-refractivity contribution < 1.29 is 46.2 Å². The van der Waals surface area contributed by atoms with Crippen molar-refractivity contribution in [1.29, 1.82) is 0 Å². The Labute approximate surface area is 210 Å². The van der Waals surface area contributed by atoms with E-state index in [1.807, 2.05) is 5.32 Å². The fourth-order valence-corrected chi connectivity index (χ4v) is 3.84. The topological polar surface area (TPSA) is 94.2 Å². The number of nitrogens with one attached hydrogen (secondary N) is 1. The minimum atomic E-state index is -2.91. The molecule has 1 aromatic rings. The number of ketones is 1. The third-order valence-corrected chi connectivity index (χ3v) is 5.48. The summed E-state index contributed by atoms with van der Waals surface area (Å²) in [6.45, 7) is 6.93. The number of hydrogen-bond donors (Lipinski definition) is 1. The summed E-state index contributed by atoms with van der Waals surface area (Å²) in [5.74, 6) is -7.07. The standard InChI is InChI=1S/C25H26F4N2O6/c1-7-36-22(33)12-10-13-18(19(32)20(35-6)21(28)25(13,5)29)31(11-12)15-9-8-14(26)17(16(15)27)30-23(34)37-24(2,3)4/h8-9,11H,7,10H2,1-6H3,(H,30,34). The van der Waals surface area contributed by atoms with E-state index in [2.05, 4.69) is 0 Å². The van der Waals surface area contributed by atoms with Gasteiger partial charge in [0, 0.05) is 18.2 Å². The highest BCUT2D eigenvalue weighted by Gasteiger charge is 2.50. The van der Waals surface area contributed by atoms with Gasteiger partial charge in [-0.1, -0.05) is 0 Å². The zero-order valence-corrected chi connectivity index (χ0v) is 21.1. The highest BCUT2D eigenvalue weighted by Crippen LogP contribution is 2.47. The van der Waals surface area contributed by atoms with Crippen LogP contribution in [0.3, 0.4) is 0 Å². The normalized spacial score (nSPS) is 19.9. The lowest BCUT2D eigenvalue weighted by Gasteiger charge is -2.38. The monoisotopic (exact) mass is 526 g/mol. The van der Waals surface area contributed by atoms with Gasteiger partial charge in [-0.3, -0.25) is 10.1 Å². The molecule has 1 heterocycles. The molecule has 0 spiro atoms. The molecule has 1 aliphatic heterocycles.